The molecule has 0 aliphatic heterocycles. The summed E-state index contributed by atoms with van der Waals surface area (Å²) in [6.45, 7) is 2.20. The van der Waals surface area contributed by atoms with E-state index in [4.69, 9.17) is 5.73 Å². The standard InChI is InChI=1S/C24H23N9O/c1-14-11-17(30-33(14)3)13-27-24(34)22-23(25)29-21(19-8-10-32(2)31-19)20(28-22)16-6-7-18-15(12-16)5-4-9-26-18/h4-12H,13H2,1-3H3,(H2,25,29)(H,27,34). The Hall–Kier alpha value is -4.60. The van der Waals surface area contributed by atoms with Crippen LogP contribution in [0, 0.1) is 6.92 Å². The lowest BCUT2D eigenvalue weighted by molar-refractivity contribution is 0.0946. The molecular formula is C24H23N9O. The number of fused-ring (bicyclic) bond motifs is 1. The molecule has 0 unspecified atom stereocenters. The highest BCUT2D eigenvalue weighted by molar-refractivity contribution is 5.98. The molecule has 0 radical (unpaired) electrons. The van der Waals surface area contributed by atoms with E-state index in [2.05, 4.69) is 30.5 Å². The largest absolute Gasteiger partial charge is 0.382 e. The quantitative estimate of drug-likeness (QED) is 0.418. The van der Waals surface area contributed by atoms with E-state index < -0.39 is 5.91 Å². The molecule has 0 fully saturated rings. The van der Waals surface area contributed by atoms with E-state index >= 15 is 0 Å². The summed E-state index contributed by atoms with van der Waals surface area (Å²) in [6.07, 6.45) is 3.56. The minimum absolute atomic E-state index is 0.0292. The molecular weight excluding hydrogens is 430 g/mol. The SMILES string of the molecule is Cc1cc(CNC(=O)c2nc(-c3ccc4ncccc4c3)c(-c3ccn(C)n3)nc2N)nn1C. The van der Waals surface area contributed by atoms with Gasteiger partial charge >= 0.3 is 0 Å². The number of nitrogens with zero attached hydrogens (tertiary/aromatic N) is 7. The zero-order valence-electron chi connectivity index (χ0n) is 19.0. The van der Waals surface area contributed by atoms with Gasteiger partial charge in [0.1, 0.15) is 11.4 Å². The predicted molar refractivity (Wildman–Crippen MR) is 128 cm³/mol. The summed E-state index contributed by atoms with van der Waals surface area (Å²) >= 11 is 0. The van der Waals surface area contributed by atoms with Gasteiger partial charge in [0.05, 0.1) is 23.4 Å². The number of hydrogen-bond acceptors (Lipinski definition) is 7. The van der Waals surface area contributed by atoms with Crippen molar-refractivity contribution in [1.29, 1.82) is 0 Å². The molecule has 0 aliphatic carbocycles. The highest BCUT2D eigenvalue weighted by Crippen LogP contribution is 2.31. The van der Waals surface area contributed by atoms with Crippen LogP contribution < -0.4 is 11.1 Å². The maximum atomic E-state index is 13.0. The molecule has 5 aromatic rings. The number of aryl methyl sites for hydroxylation is 3. The number of nitrogens with one attached hydrogen (secondary N) is 1. The Morgan fingerprint density at radius 1 is 1.06 bits per heavy atom. The second-order valence-corrected chi connectivity index (χ2v) is 8.02. The third-order valence-electron chi connectivity index (χ3n) is 5.56. The van der Waals surface area contributed by atoms with E-state index in [0.29, 0.717) is 17.1 Å². The Kier molecular flexibility index (Phi) is 5.25. The maximum absolute atomic E-state index is 13.0. The molecule has 170 valence electrons. The van der Waals surface area contributed by atoms with Crippen LogP contribution in [0.3, 0.4) is 0 Å². The highest BCUT2D eigenvalue weighted by Gasteiger charge is 2.21. The first-order valence-electron chi connectivity index (χ1n) is 10.7. The highest BCUT2D eigenvalue weighted by atomic mass is 16.1. The molecule has 1 aromatic carbocycles. The molecule has 0 saturated carbocycles. The van der Waals surface area contributed by atoms with Crippen LogP contribution in [0.2, 0.25) is 0 Å². The summed E-state index contributed by atoms with van der Waals surface area (Å²) in [5.74, 6) is -0.397. The van der Waals surface area contributed by atoms with E-state index in [1.807, 2.05) is 69.7 Å². The summed E-state index contributed by atoms with van der Waals surface area (Å²) in [5, 5.41) is 12.6. The number of amides is 1. The predicted octanol–water partition coefficient (Wildman–Crippen LogP) is 2.65. The lowest BCUT2D eigenvalue weighted by Gasteiger charge is -2.12. The van der Waals surface area contributed by atoms with E-state index in [9.17, 15) is 4.79 Å². The molecule has 1 amide bonds. The lowest BCUT2D eigenvalue weighted by atomic mass is 10.0. The van der Waals surface area contributed by atoms with Gasteiger partial charge in [-0.3, -0.25) is 19.1 Å². The molecule has 3 N–H and O–H groups in total. The number of nitrogen functional groups attached to an aromatic ring is 1. The fourth-order valence-electron chi connectivity index (χ4n) is 3.74. The Labute approximate surface area is 195 Å². The summed E-state index contributed by atoms with van der Waals surface area (Å²) in [5.41, 5.74) is 11.3. The van der Waals surface area contributed by atoms with Crippen molar-refractivity contribution in [3.63, 3.8) is 0 Å². The van der Waals surface area contributed by atoms with Gasteiger partial charge in [-0.15, -0.1) is 0 Å². The molecule has 0 atom stereocenters. The molecule has 10 nitrogen and oxygen atoms in total. The van der Waals surface area contributed by atoms with E-state index in [0.717, 1.165) is 27.9 Å². The second kappa shape index (κ2) is 8.39. The van der Waals surface area contributed by atoms with Crippen molar-refractivity contribution >= 4 is 22.6 Å². The number of nitrogens with two attached hydrogens (primary N) is 1. The van der Waals surface area contributed by atoms with Crippen molar-refractivity contribution < 1.29 is 4.79 Å². The second-order valence-electron chi connectivity index (χ2n) is 8.02. The molecule has 0 bridgehead atoms. The Morgan fingerprint density at radius 3 is 2.65 bits per heavy atom. The van der Waals surface area contributed by atoms with Crippen molar-refractivity contribution in [2.45, 2.75) is 13.5 Å². The van der Waals surface area contributed by atoms with Crippen molar-refractivity contribution in [2.75, 3.05) is 5.73 Å². The number of benzene rings is 1. The molecule has 10 heteroatoms. The summed E-state index contributed by atoms with van der Waals surface area (Å²) in [7, 11) is 3.68. The lowest BCUT2D eigenvalue weighted by Crippen LogP contribution is -2.26. The third-order valence-corrected chi connectivity index (χ3v) is 5.56. The molecule has 34 heavy (non-hydrogen) atoms. The topological polar surface area (TPSA) is 129 Å². The third kappa shape index (κ3) is 3.96. The summed E-state index contributed by atoms with van der Waals surface area (Å²) in [6, 6.07) is 13.4. The first-order valence-corrected chi connectivity index (χ1v) is 10.7. The zero-order chi connectivity index (χ0) is 23.8. The van der Waals surface area contributed by atoms with Gasteiger partial charge in [-0.05, 0) is 37.3 Å². The molecule has 4 aromatic heterocycles. The number of aromatic nitrogens is 7. The van der Waals surface area contributed by atoms with Crippen LogP contribution in [0.15, 0.2) is 54.9 Å². The number of anilines is 1. The van der Waals surface area contributed by atoms with Gasteiger partial charge in [0, 0.05) is 43.1 Å². The van der Waals surface area contributed by atoms with Gasteiger partial charge < -0.3 is 11.1 Å². The number of pyridine rings is 1. The number of carbonyl (C=O) groups excluding carboxylic acids is 1. The van der Waals surface area contributed by atoms with E-state index in [-0.39, 0.29) is 18.1 Å². The van der Waals surface area contributed by atoms with Crippen LogP contribution in [0.5, 0.6) is 0 Å². The Bertz CT molecular complexity index is 1510. The van der Waals surface area contributed by atoms with Gasteiger partial charge in [-0.2, -0.15) is 10.2 Å². The van der Waals surface area contributed by atoms with Crippen LogP contribution >= 0.6 is 0 Å². The smallest absolute Gasteiger partial charge is 0.274 e. The molecule has 5 rings (SSSR count). The van der Waals surface area contributed by atoms with Gasteiger partial charge in [0.15, 0.2) is 11.5 Å². The first-order chi connectivity index (χ1) is 16.4. The molecule has 4 heterocycles. The van der Waals surface area contributed by atoms with Crippen molar-refractivity contribution in [3.05, 3.63) is 71.9 Å². The van der Waals surface area contributed by atoms with Gasteiger partial charge in [0.2, 0.25) is 0 Å². The van der Waals surface area contributed by atoms with Crippen LogP contribution in [-0.4, -0.2) is 40.4 Å². The van der Waals surface area contributed by atoms with Crippen LogP contribution in [-0.2, 0) is 20.6 Å². The summed E-state index contributed by atoms with van der Waals surface area (Å²) in [4.78, 5) is 26.6. The summed E-state index contributed by atoms with van der Waals surface area (Å²) < 4.78 is 3.43. The van der Waals surface area contributed by atoms with Gasteiger partial charge in [-0.1, -0.05) is 12.1 Å². The number of hydrogen-bond donors (Lipinski definition) is 2. The molecule has 0 spiro atoms. The van der Waals surface area contributed by atoms with Gasteiger partial charge in [-0.25, -0.2) is 9.97 Å². The van der Waals surface area contributed by atoms with E-state index in [1.54, 1.807) is 15.6 Å². The van der Waals surface area contributed by atoms with Crippen molar-refractivity contribution in [3.8, 4) is 22.6 Å². The average molecular weight is 454 g/mol. The van der Waals surface area contributed by atoms with Crippen molar-refractivity contribution in [2.24, 2.45) is 14.1 Å². The number of rotatable bonds is 5. The Morgan fingerprint density at radius 2 is 1.91 bits per heavy atom. The van der Waals surface area contributed by atoms with Crippen LogP contribution in [0.1, 0.15) is 21.9 Å². The monoisotopic (exact) mass is 453 g/mol. The fourth-order valence-corrected chi connectivity index (χ4v) is 3.74. The molecule has 0 saturated heterocycles. The first kappa shape index (κ1) is 21.3. The fraction of sp³-hybridized carbons (Fsp3) is 0.167. The normalized spacial score (nSPS) is 11.1. The van der Waals surface area contributed by atoms with Crippen LogP contribution in [0.25, 0.3) is 33.5 Å². The van der Waals surface area contributed by atoms with Gasteiger partial charge in [0.25, 0.3) is 5.91 Å². The Balaban J connectivity index is 1.57. The van der Waals surface area contributed by atoms with Crippen molar-refractivity contribution in [1.82, 2.24) is 39.8 Å². The van der Waals surface area contributed by atoms with Crippen LogP contribution in [0.4, 0.5) is 5.82 Å². The van der Waals surface area contributed by atoms with E-state index in [1.165, 1.54) is 0 Å². The zero-order valence-corrected chi connectivity index (χ0v) is 19.0. The number of carbonyl (C=O) groups is 1. The molecule has 0 aliphatic rings. The average Bonchev–Trinajstić information content (AvgIpc) is 3.41. The maximum Gasteiger partial charge on any atom is 0.274 e. The minimum Gasteiger partial charge on any atom is -0.382 e. The minimum atomic E-state index is -0.426.